The Morgan fingerprint density at radius 1 is 1.00 bits per heavy atom. The van der Waals surface area contributed by atoms with Gasteiger partial charge in [0.05, 0.1) is 16.7 Å². The smallest absolute Gasteiger partial charge is 0.131 e. The van der Waals surface area contributed by atoms with E-state index in [0.717, 1.165) is 16.3 Å². The Morgan fingerprint density at radius 2 is 1.77 bits per heavy atom. The minimum atomic E-state index is -0.443. The Morgan fingerprint density at radius 3 is 2.50 bits per heavy atom. The monoisotopic (exact) mass is 307 g/mol. The summed E-state index contributed by atoms with van der Waals surface area (Å²) in [5, 5.41) is 11.8. The Bertz CT molecular complexity index is 902. The summed E-state index contributed by atoms with van der Waals surface area (Å²) in [5.74, 6) is -0.443. The molecule has 0 N–H and O–H groups in total. The lowest BCUT2D eigenvalue weighted by Gasteiger charge is -2.05. The molecule has 0 fully saturated rings. The minimum absolute atomic E-state index is 0.230. The van der Waals surface area contributed by atoms with Gasteiger partial charge in [-0.05, 0) is 40.6 Å². The molecule has 3 aromatic carbocycles. The average Bonchev–Trinajstić information content (AvgIpc) is 2.54. The third-order valence-corrected chi connectivity index (χ3v) is 3.80. The molecular weight excluding hydrogens is 297 g/mol. The number of hydrogen-bond donors (Lipinski definition) is 0. The van der Waals surface area contributed by atoms with Crippen molar-refractivity contribution in [2.45, 2.75) is 0 Å². The maximum atomic E-state index is 13.9. The number of hydrogen-bond acceptors (Lipinski definition) is 1. The van der Waals surface area contributed by atoms with Gasteiger partial charge in [0.25, 0.3) is 0 Å². The summed E-state index contributed by atoms with van der Waals surface area (Å²) in [5.41, 5.74) is 1.34. The summed E-state index contributed by atoms with van der Waals surface area (Å²) < 4.78 is 13.9. The second-order valence-electron chi connectivity index (χ2n) is 4.87. The lowest BCUT2D eigenvalue weighted by molar-refractivity contribution is 0.625. The molecule has 0 bridgehead atoms. The minimum Gasteiger partial charge on any atom is -0.206 e. The Hall–Kier alpha value is -2.63. The van der Waals surface area contributed by atoms with E-state index < -0.39 is 5.82 Å². The predicted molar refractivity (Wildman–Crippen MR) is 88.8 cm³/mol. The largest absolute Gasteiger partial charge is 0.206 e. The summed E-state index contributed by atoms with van der Waals surface area (Å²) in [6, 6.07) is 20.2. The van der Waals surface area contributed by atoms with Crippen molar-refractivity contribution in [3.8, 4) is 6.07 Å². The van der Waals surface area contributed by atoms with E-state index in [1.54, 1.807) is 6.07 Å². The first-order valence-electron chi connectivity index (χ1n) is 6.74. The van der Waals surface area contributed by atoms with E-state index in [1.165, 1.54) is 18.2 Å². The lowest BCUT2D eigenvalue weighted by atomic mass is 10.00. The summed E-state index contributed by atoms with van der Waals surface area (Å²) in [6.07, 6.45) is 1.49. The van der Waals surface area contributed by atoms with Crippen molar-refractivity contribution in [3.05, 3.63) is 82.6 Å². The van der Waals surface area contributed by atoms with Gasteiger partial charge in [-0.1, -0.05) is 54.1 Å². The average molecular weight is 308 g/mol. The molecule has 0 saturated heterocycles. The zero-order valence-corrected chi connectivity index (χ0v) is 12.3. The van der Waals surface area contributed by atoms with Crippen LogP contribution in [0.5, 0.6) is 0 Å². The number of benzene rings is 3. The van der Waals surface area contributed by atoms with Crippen LogP contribution in [0.2, 0.25) is 5.02 Å². The Kier molecular flexibility index (Phi) is 3.91. The zero-order valence-electron chi connectivity index (χ0n) is 11.6. The van der Waals surface area contributed by atoms with Gasteiger partial charge in [0.2, 0.25) is 0 Å². The molecule has 0 saturated carbocycles. The van der Waals surface area contributed by atoms with Crippen LogP contribution in [0.25, 0.3) is 22.4 Å². The number of nitriles is 1. The van der Waals surface area contributed by atoms with Crippen molar-refractivity contribution in [3.63, 3.8) is 0 Å². The molecule has 0 aliphatic heterocycles. The maximum Gasteiger partial charge on any atom is 0.131 e. The fourth-order valence-electron chi connectivity index (χ4n) is 2.33. The maximum absolute atomic E-state index is 13.9. The van der Waals surface area contributed by atoms with E-state index in [9.17, 15) is 9.65 Å². The highest BCUT2D eigenvalue weighted by Gasteiger charge is 2.08. The molecule has 3 rings (SSSR count). The predicted octanol–water partition coefficient (Wildman–Crippen LogP) is 5.70. The molecule has 0 atom stereocenters. The molecule has 0 amide bonds. The molecule has 0 heterocycles. The van der Waals surface area contributed by atoms with Gasteiger partial charge in [-0.3, -0.25) is 0 Å². The third-order valence-electron chi connectivity index (χ3n) is 3.47. The van der Waals surface area contributed by atoms with Crippen molar-refractivity contribution >= 4 is 34.0 Å². The first-order valence-corrected chi connectivity index (χ1v) is 7.12. The van der Waals surface area contributed by atoms with Gasteiger partial charge in [-0.2, -0.15) is 5.26 Å². The van der Waals surface area contributed by atoms with Crippen LogP contribution in [0.4, 0.5) is 4.39 Å². The Labute approximate surface area is 132 Å². The van der Waals surface area contributed by atoms with Crippen LogP contribution in [-0.4, -0.2) is 0 Å². The van der Waals surface area contributed by atoms with Gasteiger partial charge < -0.3 is 0 Å². The van der Waals surface area contributed by atoms with Gasteiger partial charge in [0, 0.05) is 5.56 Å². The highest BCUT2D eigenvalue weighted by molar-refractivity contribution is 6.32. The quantitative estimate of drug-likeness (QED) is 0.440. The number of nitrogens with zero attached hydrogens (tertiary/aromatic N) is 1. The van der Waals surface area contributed by atoms with E-state index in [-0.39, 0.29) is 10.6 Å². The van der Waals surface area contributed by atoms with Crippen LogP contribution in [-0.2, 0) is 0 Å². The fraction of sp³-hybridized carbons (Fsp3) is 0. The van der Waals surface area contributed by atoms with Crippen molar-refractivity contribution in [1.29, 1.82) is 5.26 Å². The molecule has 22 heavy (non-hydrogen) atoms. The van der Waals surface area contributed by atoms with Crippen LogP contribution < -0.4 is 0 Å². The van der Waals surface area contributed by atoms with Gasteiger partial charge >= 0.3 is 0 Å². The number of allylic oxidation sites excluding steroid dienone is 1. The van der Waals surface area contributed by atoms with Crippen LogP contribution in [0.1, 0.15) is 11.1 Å². The molecule has 0 radical (unpaired) electrons. The van der Waals surface area contributed by atoms with Gasteiger partial charge in [0.15, 0.2) is 0 Å². The number of fused-ring (bicyclic) bond motifs is 1. The molecule has 106 valence electrons. The topological polar surface area (TPSA) is 23.8 Å². The lowest BCUT2D eigenvalue weighted by Crippen LogP contribution is -1.87. The third kappa shape index (κ3) is 2.72. The Balaban J connectivity index is 2.14. The highest BCUT2D eigenvalue weighted by Crippen LogP contribution is 2.27. The first-order chi connectivity index (χ1) is 10.7. The van der Waals surface area contributed by atoms with E-state index in [1.807, 2.05) is 42.5 Å². The summed E-state index contributed by atoms with van der Waals surface area (Å²) in [7, 11) is 0. The highest BCUT2D eigenvalue weighted by atomic mass is 35.5. The van der Waals surface area contributed by atoms with Crippen molar-refractivity contribution in [2.24, 2.45) is 0 Å². The van der Waals surface area contributed by atoms with Crippen molar-refractivity contribution < 1.29 is 4.39 Å². The van der Waals surface area contributed by atoms with Crippen LogP contribution in [0, 0.1) is 17.1 Å². The fourth-order valence-corrected chi connectivity index (χ4v) is 2.55. The second kappa shape index (κ2) is 6.01. The van der Waals surface area contributed by atoms with Gasteiger partial charge in [-0.15, -0.1) is 0 Å². The molecule has 0 aliphatic carbocycles. The van der Waals surface area contributed by atoms with Crippen LogP contribution >= 0.6 is 11.6 Å². The van der Waals surface area contributed by atoms with Crippen LogP contribution in [0.15, 0.2) is 60.7 Å². The molecule has 0 spiro atoms. The second-order valence-corrected chi connectivity index (χ2v) is 5.27. The van der Waals surface area contributed by atoms with Crippen molar-refractivity contribution in [1.82, 2.24) is 0 Å². The number of rotatable bonds is 2. The number of halogens is 2. The van der Waals surface area contributed by atoms with Crippen molar-refractivity contribution in [2.75, 3.05) is 0 Å². The molecule has 0 aliphatic rings. The van der Waals surface area contributed by atoms with Gasteiger partial charge in [0.1, 0.15) is 5.82 Å². The van der Waals surface area contributed by atoms with E-state index in [2.05, 4.69) is 6.07 Å². The standard InChI is InChI=1S/C19H11ClFN/c20-18-6-3-7-19(21)17(18)11-16(12-22)15-9-8-13-4-1-2-5-14(13)10-15/h1-11H/b16-11-. The zero-order chi connectivity index (χ0) is 15.5. The van der Waals surface area contributed by atoms with E-state index in [0.29, 0.717) is 5.57 Å². The van der Waals surface area contributed by atoms with E-state index >= 15 is 0 Å². The molecule has 0 unspecified atom stereocenters. The van der Waals surface area contributed by atoms with Crippen LogP contribution in [0.3, 0.4) is 0 Å². The molecule has 0 aromatic heterocycles. The molecule has 1 nitrogen and oxygen atoms in total. The summed E-state index contributed by atoms with van der Waals surface area (Å²) >= 11 is 6.02. The molecule has 3 aromatic rings. The van der Waals surface area contributed by atoms with E-state index in [4.69, 9.17) is 11.6 Å². The summed E-state index contributed by atoms with van der Waals surface area (Å²) in [6.45, 7) is 0. The summed E-state index contributed by atoms with van der Waals surface area (Å²) in [4.78, 5) is 0. The van der Waals surface area contributed by atoms with Gasteiger partial charge in [-0.25, -0.2) is 4.39 Å². The normalized spacial score (nSPS) is 11.4. The molecule has 3 heteroatoms. The molecular formula is C19H11ClFN. The first kappa shape index (κ1) is 14.3. The SMILES string of the molecule is N#C/C(=C/c1c(F)cccc1Cl)c1ccc2ccccc2c1.